The van der Waals surface area contributed by atoms with Gasteiger partial charge < -0.3 is 10.2 Å². The molecule has 3 rings (SSSR count). The third-order valence-corrected chi connectivity index (χ3v) is 5.11. The Kier molecular flexibility index (Phi) is 5.49. The molecule has 0 saturated carbocycles. The van der Waals surface area contributed by atoms with Gasteiger partial charge in [0.1, 0.15) is 17.9 Å². The Morgan fingerprint density at radius 2 is 2.04 bits per heavy atom. The molecule has 0 bridgehead atoms. The monoisotopic (exact) mass is 401 g/mol. The normalized spacial score (nSPS) is 15.8. The molecular formula is C16H18F3N5O2S. The molecule has 27 heavy (non-hydrogen) atoms. The number of amides is 2. The van der Waals surface area contributed by atoms with Crippen LogP contribution >= 0.6 is 11.3 Å². The van der Waals surface area contributed by atoms with Gasteiger partial charge in [0.15, 0.2) is 0 Å². The first kappa shape index (κ1) is 19.3. The summed E-state index contributed by atoms with van der Waals surface area (Å²) in [7, 11) is 0. The van der Waals surface area contributed by atoms with Crippen LogP contribution in [0.4, 0.5) is 13.2 Å². The summed E-state index contributed by atoms with van der Waals surface area (Å²) < 4.78 is 36.5. The fourth-order valence-electron chi connectivity index (χ4n) is 2.95. The molecule has 2 aromatic rings. The summed E-state index contributed by atoms with van der Waals surface area (Å²) in [4.78, 5) is 30.1. The van der Waals surface area contributed by atoms with Crippen molar-refractivity contribution in [1.29, 1.82) is 0 Å². The second-order valence-corrected chi connectivity index (χ2v) is 7.39. The van der Waals surface area contributed by atoms with E-state index in [2.05, 4.69) is 15.2 Å². The lowest BCUT2D eigenvalue weighted by atomic mass is 9.93. The third-order valence-electron chi connectivity index (χ3n) is 4.34. The average Bonchev–Trinajstić information content (AvgIpc) is 3.28. The molecule has 146 valence electrons. The maximum atomic E-state index is 12.4. The Balaban J connectivity index is 1.55. The molecule has 0 spiro atoms. The van der Waals surface area contributed by atoms with E-state index in [9.17, 15) is 22.8 Å². The second kappa shape index (κ2) is 7.67. The number of nitrogens with zero attached hydrogens (tertiary/aromatic N) is 3. The molecule has 1 saturated heterocycles. The van der Waals surface area contributed by atoms with E-state index in [1.54, 1.807) is 15.6 Å². The zero-order chi connectivity index (χ0) is 19.6. The number of aryl methyl sites for hydroxylation is 1. The Morgan fingerprint density at radius 1 is 1.33 bits per heavy atom. The van der Waals surface area contributed by atoms with Gasteiger partial charge in [-0.15, -0.1) is 11.3 Å². The molecule has 1 aliphatic rings. The number of carbonyl (C=O) groups excluding carboxylic acids is 2. The maximum absolute atomic E-state index is 12.4. The van der Waals surface area contributed by atoms with Crippen LogP contribution < -0.4 is 5.32 Å². The van der Waals surface area contributed by atoms with E-state index in [0.717, 1.165) is 5.01 Å². The molecule has 0 aromatic carbocycles. The van der Waals surface area contributed by atoms with Crippen LogP contribution in [-0.4, -0.2) is 57.7 Å². The number of halogens is 3. The summed E-state index contributed by atoms with van der Waals surface area (Å²) in [6.07, 6.45) is -3.13. The molecule has 0 unspecified atom stereocenters. The first-order chi connectivity index (χ1) is 12.7. The number of aromatic nitrogens is 3. The summed E-state index contributed by atoms with van der Waals surface area (Å²) in [5.74, 6) is -0.918. The zero-order valence-corrected chi connectivity index (χ0v) is 15.3. The van der Waals surface area contributed by atoms with Crippen LogP contribution in [0.15, 0.2) is 11.4 Å². The van der Waals surface area contributed by atoms with Gasteiger partial charge in [-0.2, -0.15) is 18.3 Å². The number of carbonyl (C=O) groups is 2. The molecule has 2 N–H and O–H groups in total. The Morgan fingerprint density at radius 3 is 2.63 bits per heavy atom. The number of nitrogens with one attached hydrogen (secondary N) is 2. The number of likely N-dealkylation sites (tertiary alicyclic amines) is 1. The van der Waals surface area contributed by atoms with Crippen molar-refractivity contribution in [3.8, 4) is 0 Å². The highest BCUT2D eigenvalue weighted by atomic mass is 32.1. The van der Waals surface area contributed by atoms with E-state index >= 15 is 0 Å². The molecule has 3 heterocycles. The summed E-state index contributed by atoms with van der Waals surface area (Å²) in [6.45, 7) is 1.52. The predicted octanol–water partition coefficient (Wildman–Crippen LogP) is 2.49. The summed E-state index contributed by atoms with van der Waals surface area (Å²) >= 11 is 1.42. The Bertz CT molecular complexity index is 824. The van der Waals surface area contributed by atoms with Gasteiger partial charge in [0.05, 0.1) is 5.01 Å². The fourth-order valence-corrected chi connectivity index (χ4v) is 3.54. The van der Waals surface area contributed by atoms with Gasteiger partial charge in [-0.1, -0.05) is 0 Å². The number of H-pyrrole nitrogens is 1. The number of hydrogen-bond donors (Lipinski definition) is 2. The second-order valence-electron chi connectivity index (χ2n) is 6.32. The topological polar surface area (TPSA) is 91.0 Å². The van der Waals surface area contributed by atoms with Gasteiger partial charge in [-0.3, -0.25) is 14.7 Å². The van der Waals surface area contributed by atoms with Crippen molar-refractivity contribution in [1.82, 2.24) is 25.4 Å². The maximum Gasteiger partial charge on any atom is 0.405 e. The molecule has 0 atom stereocenters. The molecule has 7 nitrogen and oxygen atoms in total. The molecule has 1 aliphatic heterocycles. The largest absolute Gasteiger partial charge is 0.405 e. The summed E-state index contributed by atoms with van der Waals surface area (Å²) in [6, 6.07) is 1.47. The Hall–Kier alpha value is -2.43. The number of thiazole rings is 1. The molecule has 2 amide bonds. The highest BCUT2D eigenvalue weighted by Crippen LogP contribution is 2.28. The van der Waals surface area contributed by atoms with E-state index < -0.39 is 18.6 Å². The minimum Gasteiger partial charge on any atom is -0.342 e. The quantitative estimate of drug-likeness (QED) is 0.824. The van der Waals surface area contributed by atoms with Crippen LogP contribution in [0.25, 0.3) is 0 Å². The smallest absolute Gasteiger partial charge is 0.342 e. The number of hydrogen-bond acceptors (Lipinski definition) is 5. The highest BCUT2D eigenvalue weighted by Gasteiger charge is 2.29. The van der Waals surface area contributed by atoms with Crippen LogP contribution in [-0.2, 0) is 0 Å². The van der Waals surface area contributed by atoms with Crippen LogP contribution in [0.3, 0.4) is 0 Å². The van der Waals surface area contributed by atoms with E-state index in [0.29, 0.717) is 37.3 Å². The number of alkyl halides is 3. The van der Waals surface area contributed by atoms with Crippen LogP contribution in [0.1, 0.15) is 50.4 Å². The van der Waals surface area contributed by atoms with Crippen LogP contribution in [0, 0.1) is 6.92 Å². The SMILES string of the molecule is Cc1nc(C(=O)N2CCC(c3cc(C(=O)NCC(F)(F)F)n[nH]3)CC2)cs1. The molecule has 11 heteroatoms. The lowest BCUT2D eigenvalue weighted by Gasteiger charge is -2.31. The van der Waals surface area contributed by atoms with Crippen molar-refractivity contribution in [3.63, 3.8) is 0 Å². The Labute approximate surface area is 157 Å². The minimum absolute atomic E-state index is 0.0582. The highest BCUT2D eigenvalue weighted by molar-refractivity contribution is 7.09. The number of piperidine rings is 1. The molecular weight excluding hydrogens is 383 g/mol. The number of aromatic amines is 1. The lowest BCUT2D eigenvalue weighted by molar-refractivity contribution is -0.123. The van der Waals surface area contributed by atoms with E-state index in [4.69, 9.17) is 0 Å². The fraction of sp³-hybridized carbons (Fsp3) is 0.500. The predicted molar refractivity (Wildman–Crippen MR) is 91.7 cm³/mol. The van der Waals surface area contributed by atoms with Gasteiger partial charge in [-0.05, 0) is 25.8 Å². The lowest BCUT2D eigenvalue weighted by Crippen LogP contribution is -2.38. The first-order valence-electron chi connectivity index (χ1n) is 8.34. The van der Waals surface area contributed by atoms with Crippen LogP contribution in [0.2, 0.25) is 0 Å². The molecule has 0 aliphatic carbocycles. The van der Waals surface area contributed by atoms with Crippen molar-refractivity contribution in [2.24, 2.45) is 0 Å². The number of rotatable bonds is 4. The van der Waals surface area contributed by atoms with E-state index in [1.807, 2.05) is 6.92 Å². The zero-order valence-electron chi connectivity index (χ0n) is 14.5. The summed E-state index contributed by atoms with van der Waals surface area (Å²) in [5.41, 5.74) is 1.05. The van der Waals surface area contributed by atoms with Gasteiger partial charge in [0.25, 0.3) is 11.8 Å². The van der Waals surface area contributed by atoms with E-state index in [1.165, 1.54) is 17.4 Å². The van der Waals surface area contributed by atoms with Gasteiger partial charge in [-0.25, -0.2) is 4.98 Å². The van der Waals surface area contributed by atoms with Gasteiger partial charge >= 0.3 is 6.18 Å². The van der Waals surface area contributed by atoms with E-state index in [-0.39, 0.29) is 17.5 Å². The molecule has 0 radical (unpaired) electrons. The summed E-state index contributed by atoms with van der Waals surface area (Å²) in [5, 5.41) is 10.9. The van der Waals surface area contributed by atoms with Crippen molar-refractivity contribution in [2.45, 2.75) is 31.9 Å². The van der Waals surface area contributed by atoms with Gasteiger partial charge in [0.2, 0.25) is 0 Å². The van der Waals surface area contributed by atoms with Crippen molar-refractivity contribution in [2.75, 3.05) is 19.6 Å². The molecule has 1 fully saturated rings. The third kappa shape index (κ3) is 4.85. The minimum atomic E-state index is -4.47. The van der Waals surface area contributed by atoms with Crippen molar-refractivity contribution >= 4 is 23.2 Å². The van der Waals surface area contributed by atoms with Gasteiger partial charge in [0, 0.05) is 30.1 Å². The van der Waals surface area contributed by atoms with Crippen molar-refractivity contribution < 1.29 is 22.8 Å². The van der Waals surface area contributed by atoms with Crippen molar-refractivity contribution in [3.05, 3.63) is 33.5 Å². The van der Waals surface area contributed by atoms with Crippen LogP contribution in [0.5, 0.6) is 0 Å². The average molecular weight is 401 g/mol. The standard InChI is InChI=1S/C16H18F3N5O2S/c1-9-21-13(7-27-9)15(26)24-4-2-10(3-5-24)11-6-12(23-22-11)14(25)20-8-16(17,18)19/h6-7,10H,2-5,8H2,1H3,(H,20,25)(H,22,23). The first-order valence-corrected chi connectivity index (χ1v) is 9.22. The molecule has 2 aromatic heterocycles.